The summed E-state index contributed by atoms with van der Waals surface area (Å²) < 4.78 is 26.8. The molecule has 3 rings (SSSR count). The van der Waals surface area contributed by atoms with E-state index in [1.54, 1.807) is 25.1 Å². The fourth-order valence-corrected chi connectivity index (χ4v) is 4.81. The molecule has 2 amide bonds. The Morgan fingerprint density at radius 2 is 2.08 bits per heavy atom. The van der Waals surface area contributed by atoms with Crippen LogP contribution in [0.25, 0.3) is 0 Å². The summed E-state index contributed by atoms with van der Waals surface area (Å²) in [6, 6.07) is 6.72. The summed E-state index contributed by atoms with van der Waals surface area (Å²) in [4.78, 5) is 24.6. The molecule has 0 unspecified atom stereocenters. The molecule has 0 spiro atoms. The number of aromatic nitrogens is 2. The number of hydrogen-bond donors (Lipinski definition) is 2. The highest BCUT2D eigenvalue weighted by atomic mass is 32.2. The molecule has 1 aliphatic rings. The van der Waals surface area contributed by atoms with E-state index in [0.29, 0.717) is 10.1 Å². The van der Waals surface area contributed by atoms with Crippen LogP contribution in [0, 0.1) is 6.92 Å². The highest BCUT2D eigenvalue weighted by Gasteiger charge is 2.39. The van der Waals surface area contributed by atoms with Crippen molar-refractivity contribution in [2.24, 2.45) is 0 Å². The number of amides is 2. The van der Waals surface area contributed by atoms with E-state index >= 15 is 0 Å². The maximum Gasteiger partial charge on any atom is 0.243 e. The summed E-state index contributed by atoms with van der Waals surface area (Å²) in [6.07, 6.45) is -0.309. The predicted molar refractivity (Wildman–Crippen MR) is 95.0 cm³/mol. The second-order valence-corrected chi connectivity index (χ2v) is 8.69. The SMILES string of the molecule is Cc1nnc(NC(=O)C[C@@H]2C(=O)NCCN2S(=O)(=O)c2ccccc2)s1. The zero-order valence-corrected chi connectivity index (χ0v) is 15.5. The first-order valence-electron chi connectivity index (χ1n) is 7.82. The predicted octanol–water partition coefficient (Wildman–Crippen LogP) is 0.364. The van der Waals surface area contributed by atoms with Gasteiger partial charge in [0.1, 0.15) is 11.0 Å². The van der Waals surface area contributed by atoms with Crippen LogP contribution in [0.5, 0.6) is 0 Å². The van der Waals surface area contributed by atoms with Gasteiger partial charge in [0, 0.05) is 13.1 Å². The lowest BCUT2D eigenvalue weighted by molar-refractivity contribution is -0.130. The third-order valence-corrected chi connectivity index (χ3v) is 6.46. The first-order chi connectivity index (χ1) is 12.4. The topological polar surface area (TPSA) is 121 Å². The quantitative estimate of drug-likeness (QED) is 0.754. The van der Waals surface area contributed by atoms with Crippen molar-refractivity contribution in [2.45, 2.75) is 24.3 Å². The zero-order valence-electron chi connectivity index (χ0n) is 13.9. The van der Waals surface area contributed by atoms with Crippen LogP contribution in [0.1, 0.15) is 11.4 Å². The number of carbonyl (C=O) groups is 2. The van der Waals surface area contributed by atoms with Gasteiger partial charge >= 0.3 is 0 Å². The van der Waals surface area contributed by atoms with Gasteiger partial charge < -0.3 is 10.6 Å². The number of aryl methyl sites for hydroxylation is 1. The van der Waals surface area contributed by atoms with Gasteiger partial charge in [0.15, 0.2) is 0 Å². The fourth-order valence-electron chi connectivity index (χ4n) is 2.60. The number of sulfonamides is 1. The minimum atomic E-state index is -3.89. The number of nitrogens with one attached hydrogen (secondary N) is 2. The Morgan fingerprint density at radius 3 is 2.73 bits per heavy atom. The molecule has 1 aromatic carbocycles. The molecule has 1 saturated heterocycles. The van der Waals surface area contributed by atoms with Gasteiger partial charge in [-0.05, 0) is 19.1 Å². The van der Waals surface area contributed by atoms with Crippen molar-refractivity contribution in [2.75, 3.05) is 18.4 Å². The molecular formula is C15H17N5O4S2. The molecule has 2 heterocycles. The van der Waals surface area contributed by atoms with Crippen molar-refractivity contribution >= 4 is 38.3 Å². The molecule has 0 saturated carbocycles. The van der Waals surface area contributed by atoms with Gasteiger partial charge in [-0.25, -0.2) is 8.42 Å². The van der Waals surface area contributed by atoms with Crippen LogP contribution in [0.2, 0.25) is 0 Å². The molecule has 0 radical (unpaired) electrons. The molecule has 11 heteroatoms. The Labute approximate surface area is 154 Å². The van der Waals surface area contributed by atoms with Gasteiger partial charge in [-0.3, -0.25) is 9.59 Å². The monoisotopic (exact) mass is 395 g/mol. The van der Waals surface area contributed by atoms with Crippen LogP contribution in [-0.4, -0.2) is 53.9 Å². The van der Waals surface area contributed by atoms with E-state index < -0.39 is 27.9 Å². The lowest BCUT2D eigenvalue weighted by atomic mass is 10.1. The van der Waals surface area contributed by atoms with E-state index in [1.807, 2.05) is 0 Å². The molecule has 2 N–H and O–H groups in total. The third-order valence-electron chi connectivity index (χ3n) is 3.78. The third kappa shape index (κ3) is 3.89. The lowest BCUT2D eigenvalue weighted by Crippen LogP contribution is -2.57. The van der Waals surface area contributed by atoms with Gasteiger partial charge in [0.2, 0.25) is 27.0 Å². The highest BCUT2D eigenvalue weighted by molar-refractivity contribution is 7.89. The summed E-state index contributed by atoms with van der Waals surface area (Å²) in [6.45, 7) is 2.04. The maximum atomic E-state index is 12.9. The molecule has 1 fully saturated rings. The van der Waals surface area contributed by atoms with E-state index in [2.05, 4.69) is 20.8 Å². The molecule has 2 aromatic rings. The van der Waals surface area contributed by atoms with Gasteiger partial charge in [-0.15, -0.1) is 10.2 Å². The largest absolute Gasteiger partial charge is 0.353 e. The summed E-state index contributed by atoms with van der Waals surface area (Å²) in [7, 11) is -3.89. The summed E-state index contributed by atoms with van der Waals surface area (Å²) in [5, 5.41) is 13.7. The first kappa shape index (κ1) is 18.4. The molecule has 1 atom stereocenters. The minimum absolute atomic E-state index is 0.0832. The zero-order chi connectivity index (χ0) is 18.7. The summed E-state index contributed by atoms with van der Waals surface area (Å²) in [5.74, 6) is -1.00. The van der Waals surface area contributed by atoms with E-state index in [4.69, 9.17) is 0 Å². The number of hydrogen-bond acceptors (Lipinski definition) is 7. The summed E-state index contributed by atoms with van der Waals surface area (Å²) >= 11 is 1.20. The molecule has 0 aliphatic carbocycles. The standard InChI is InChI=1S/C15H17N5O4S2/c1-10-18-19-15(25-10)17-13(21)9-12-14(22)16-7-8-20(12)26(23,24)11-5-3-2-4-6-11/h2-6,12H,7-9H2,1H3,(H,16,22)(H,17,19,21)/t12-/m1/s1. The van der Waals surface area contributed by atoms with E-state index in [0.717, 1.165) is 4.31 Å². The van der Waals surface area contributed by atoms with Crippen molar-refractivity contribution in [3.8, 4) is 0 Å². The Kier molecular flexibility index (Phi) is 5.30. The first-order valence-corrected chi connectivity index (χ1v) is 10.1. The Hall–Kier alpha value is -2.37. The van der Waals surface area contributed by atoms with Crippen molar-refractivity contribution in [3.05, 3.63) is 35.3 Å². The molecule has 1 aliphatic heterocycles. The number of benzene rings is 1. The normalized spacial score (nSPS) is 18.3. The molecule has 9 nitrogen and oxygen atoms in total. The summed E-state index contributed by atoms with van der Waals surface area (Å²) in [5.41, 5.74) is 0. The van der Waals surface area contributed by atoms with Crippen LogP contribution < -0.4 is 10.6 Å². The average molecular weight is 395 g/mol. The number of piperazine rings is 1. The van der Waals surface area contributed by atoms with Crippen molar-refractivity contribution in [1.29, 1.82) is 0 Å². The number of anilines is 1. The van der Waals surface area contributed by atoms with E-state index in [1.165, 1.54) is 23.5 Å². The molecule has 1 aromatic heterocycles. The van der Waals surface area contributed by atoms with E-state index in [-0.39, 0.29) is 24.4 Å². The van der Waals surface area contributed by atoms with Crippen LogP contribution in [0.15, 0.2) is 35.2 Å². The van der Waals surface area contributed by atoms with Crippen LogP contribution in [0.3, 0.4) is 0 Å². The average Bonchev–Trinajstić information content (AvgIpc) is 3.02. The molecule has 0 bridgehead atoms. The smallest absolute Gasteiger partial charge is 0.243 e. The number of rotatable bonds is 5. The Morgan fingerprint density at radius 1 is 1.35 bits per heavy atom. The minimum Gasteiger partial charge on any atom is -0.353 e. The van der Waals surface area contributed by atoms with Gasteiger partial charge in [0.05, 0.1) is 11.3 Å². The maximum absolute atomic E-state index is 12.9. The van der Waals surface area contributed by atoms with Crippen molar-refractivity contribution in [1.82, 2.24) is 19.8 Å². The molecule has 138 valence electrons. The second kappa shape index (κ2) is 7.48. The fraction of sp³-hybridized carbons (Fsp3) is 0.333. The Balaban J connectivity index is 1.80. The number of carbonyl (C=O) groups excluding carboxylic acids is 2. The van der Waals surface area contributed by atoms with Gasteiger partial charge in [0.25, 0.3) is 0 Å². The number of nitrogens with zero attached hydrogens (tertiary/aromatic N) is 3. The van der Waals surface area contributed by atoms with Crippen LogP contribution >= 0.6 is 11.3 Å². The van der Waals surface area contributed by atoms with Gasteiger partial charge in [-0.1, -0.05) is 29.5 Å². The van der Waals surface area contributed by atoms with E-state index in [9.17, 15) is 18.0 Å². The molecular weight excluding hydrogens is 378 g/mol. The van der Waals surface area contributed by atoms with Crippen LogP contribution in [-0.2, 0) is 19.6 Å². The van der Waals surface area contributed by atoms with Gasteiger partial charge in [-0.2, -0.15) is 4.31 Å². The van der Waals surface area contributed by atoms with Crippen LogP contribution in [0.4, 0.5) is 5.13 Å². The van der Waals surface area contributed by atoms with Crippen molar-refractivity contribution in [3.63, 3.8) is 0 Å². The lowest BCUT2D eigenvalue weighted by Gasteiger charge is -2.33. The highest BCUT2D eigenvalue weighted by Crippen LogP contribution is 2.22. The Bertz CT molecular complexity index is 913. The van der Waals surface area contributed by atoms with Crippen molar-refractivity contribution < 1.29 is 18.0 Å². The second-order valence-electron chi connectivity index (χ2n) is 5.61. The molecule has 26 heavy (non-hydrogen) atoms.